The van der Waals surface area contributed by atoms with E-state index in [1.54, 1.807) is 12.1 Å². The van der Waals surface area contributed by atoms with E-state index >= 15 is 0 Å². The maximum absolute atomic E-state index is 12.9. The van der Waals surface area contributed by atoms with Gasteiger partial charge in [-0.2, -0.15) is 8.78 Å². The fourth-order valence-electron chi connectivity index (χ4n) is 12.0. The minimum absolute atomic E-state index is 0.0364. The molecule has 0 amide bonds. The fourth-order valence-corrected chi connectivity index (χ4v) is 14.3. The number of aromatic hydroxyl groups is 1. The number of phenols is 1. The predicted octanol–water partition coefficient (Wildman–Crippen LogP) is 19.3. The number of unbranched alkanes of at least 4 members (excludes halogenated alkanes) is 9. The second-order valence-electron chi connectivity index (χ2n) is 25.3. The molecule has 5 aromatic carbocycles. The standard InChI is InChI=1S/C24H38F2O6S.C21H21S.C18H30O2.C10H14O/c1-3-20(2)21-14-16-22(17-15-21)31-18-12-10-8-6-4-5-7-9-11-13-19-32-23(27)24(25,26)33(28,29)30;1-16-4-10-19(11-5-16)22(20-12-6-17(2)7-13-20)21-14-8-18(3)9-15-21;1-5-17(3,4)16(19)20-18(6-2)14-8-12-7-13(10-14)11-15(18)9-12;1-3-8(2)9-4-6-10(11)7-5-9/h14-17,20H,3-13,18-19H2,1-2H3,(H,28,29,30);4-15H,1-3H3;12-15H,5-11H2,1-4H3;4-8,11H,3H2,1-2H3/q;+1;;/p-1. The van der Waals surface area contributed by atoms with Crippen LogP contribution in [0.4, 0.5) is 8.78 Å². The van der Waals surface area contributed by atoms with Gasteiger partial charge in [-0.15, -0.1) is 0 Å². The Morgan fingerprint density at radius 2 is 0.953 bits per heavy atom. The van der Waals surface area contributed by atoms with Crippen molar-refractivity contribution < 1.29 is 50.7 Å². The van der Waals surface area contributed by atoms with Gasteiger partial charge in [0.15, 0.2) is 24.8 Å². The van der Waals surface area contributed by atoms with E-state index in [4.69, 9.17) is 14.6 Å². The largest absolute Gasteiger partial charge is 0.743 e. The van der Waals surface area contributed by atoms with E-state index in [2.05, 4.69) is 152 Å². The van der Waals surface area contributed by atoms with Crippen molar-refractivity contribution in [2.75, 3.05) is 13.2 Å². The van der Waals surface area contributed by atoms with Gasteiger partial charge in [0, 0.05) is 0 Å². The van der Waals surface area contributed by atoms with Gasteiger partial charge < -0.3 is 23.9 Å². The summed E-state index contributed by atoms with van der Waals surface area (Å²) in [7, 11) is -6.09. The SMILES string of the molecule is CCC(C)(C)C(=O)OC1(CC)C2CC3CC(C2)CC1C3.CCC(C)c1ccc(O)cc1.CCC(C)c1ccc(OCCCCCCCCCCCCOC(=O)C(F)(F)S(=O)(=O)[O-])cc1.Cc1ccc([S+](c2ccc(C)cc2)c2ccc(C)cc2)cc1. The predicted molar refractivity (Wildman–Crippen MR) is 345 cm³/mol. The summed E-state index contributed by atoms with van der Waals surface area (Å²) in [6.45, 7) is 23.9. The number of phenolic OH excluding ortho intramolecular Hbond substituents is 1. The Hall–Kier alpha value is -5.24. The zero-order valence-corrected chi connectivity index (χ0v) is 55.3. The van der Waals surface area contributed by atoms with E-state index in [1.165, 1.54) is 74.6 Å². The molecule has 4 saturated carbocycles. The smallest absolute Gasteiger partial charge is 0.428 e. The van der Waals surface area contributed by atoms with Crippen LogP contribution >= 0.6 is 0 Å². The lowest BCUT2D eigenvalue weighted by Gasteiger charge is -2.60. The molecule has 2 unspecified atom stereocenters. The summed E-state index contributed by atoms with van der Waals surface area (Å²) in [6, 6.07) is 42.6. The maximum Gasteiger partial charge on any atom is 0.428 e. The Bertz CT molecular complexity index is 2750. The summed E-state index contributed by atoms with van der Waals surface area (Å²) in [4.78, 5) is 27.7. The second-order valence-corrected chi connectivity index (χ2v) is 28.7. The van der Waals surface area contributed by atoms with Gasteiger partial charge in [-0.3, -0.25) is 4.79 Å². The van der Waals surface area contributed by atoms with Gasteiger partial charge in [-0.1, -0.05) is 170 Å². The molecule has 86 heavy (non-hydrogen) atoms. The lowest BCUT2D eigenvalue weighted by atomic mass is 9.49. The van der Waals surface area contributed by atoms with Crippen LogP contribution in [0.15, 0.2) is 136 Å². The van der Waals surface area contributed by atoms with Crippen LogP contribution in [0.3, 0.4) is 0 Å². The molecule has 0 saturated heterocycles. The summed E-state index contributed by atoms with van der Waals surface area (Å²) in [5, 5.41) is 3.98. The number of carbonyl (C=O) groups excluding carboxylic acids is 2. The monoisotopic (exact) mass is 1220 g/mol. The van der Waals surface area contributed by atoms with Crippen LogP contribution in [0.2, 0.25) is 0 Å². The van der Waals surface area contributed by atoms with Crippen molar-refractivity contribution in [1.29, 1.82) is 0 Å². The van der Waals surface area contributed by atoms with E-state index in [9.17, 15) is 31.3 Å². The molecule has 13 heteroatoms. The Morgan fingerprint density at radius 3 is 1.31 bits per heavy atom. The summed E-state index contributed by atoms with van der Waals surface area (Å²) in [5.74, 6) is 3.29. The third kappa shape index (κ3) is 21.2. The quantitative estimate of drug-likeness (QED) is 0.0236. The highest BCUT2D eigenvalue weighted by atomic mass is 32.2. The summed E-state index contributed by atoms with van der Waals surface area (Å²) in [6.07, 6.45) is 20.4. The van der Waals surface area contributed by atoms with Gasteiger partial charge in [0.05, 0.1) is 29.5 Å². The highest BCUT2D eigenvalue weighted by Gasteiger charge is 2.59. The van der Waals surface area contributed by atoms with Crippen LogP contribution < -0.4 is 4.74 Å². The number of esters is 2. The Kier molecular flexibility index (Phi) is 28.7. The third-order valence-electron chi connectivity index (χ3n) is 18.3. The zero-order valence-electron chi connectivity index (χ0n) is 53.6. The van der Waals surface area contributed by atoms with Crippen molar-refractivity contribution in [3.8, 4) is 11.5 Å². The van der Waals surface area contributed by atoms with Crippen molar-refractivity contribution in [2.24, 2.45) is 29.1 Å². The number of hydrogen-bond acceptors (Lipinski definition) is 9. The molecule has 9 nitrogen and oxygen atoms in total. The molecule has 5 aromatic rings. The normalized spacial score (nSPS) is 19.4. The topological polar surface area (TPSA) is 139 Å². The lowest BCUT2D eigenvalue weighted by Crippen LogP contribution is -2.60. The molecule has 4 fully saturated rings. The van der Waals surface area contributed by atoms with E-state index in [0.29, 0.717) is 42.3 Å². The van der Waals surface area contributed by atoms with Gasteiger partial charge >= 0.3 is 17.2 Å². The van der Waals surface area contributed by atoms with Crippen molar-refractivity contribution in [3.05, 3.63) is 149 Å². The molecule has 1 N–H and O–H groups in total. The van der Waals surface area contributed by atoms with E-state index in [0.717, 1.165) is 101 Å². The van der Waals surface area contributed by atoms with Crippen molar-refractivity contribution in [1.82, 2.24) is 0 Å². The number of rotatable bonds is 27. The number of ether oxygens (including phenoxy) is 3. The van der Waals surface area contributed by atoms with Gasteiger partial charge in [0.1, 0.15) is 17.1 Å². The average molecular weight is 1230 g/mol. The molecule has 0 heterocycles. The molecule has 9 rings (SSSR count). The highest BCUT2D eigenvalue weighted by Crippen LogP contribution is 2.61. The number of hydrogen-bond donors (Lipinski definition) is 1. The molecule has 4 aliphatic carbocycles. The van der Waals surface area contributed by atoms with Crippen molar-refractivity contribution in [2.45, 2.75) is 236 Å². The van der Waals surface area contributed by atoms with Crippen molar-refractivity contribution >= 4 is 33.0 Å². The van der Waals surface area contributed by atoms with Gasteiger partial charge in [0.25, 0.3) is 0 Å². The number of benzene rings is 5. The number of alkyl halides is 2. The summed E-state index contributed by atoms with van der Waals surface area (Å²) >= 11 is 0. The molecule has 0 radical (unpaired) electrons. The van der Waals surface area contributed by atoms with Gasteiger partial charge in [-0.25, -0.2) is 13.2 Å². The molecule has 4 aliphatic rings. The minimum atomic E-state index is -6.05. The zero-order chi connectivity index (χ0) is 63.1. The van der Waals surface area contributed by atoms with Crippen LogP contribution in [0.5, 0.6) is 11.5 Å². The number of aryl methyl sites for hydroxylation is 3. The van der Waals surface area contributed by atoms with Crippen LogP contribution in [-0.4, -0.2) is 54.1 Å². The fraction of sp³-hybridized carbons (Fsp3) is 0.562. The van der Waals surface area contributed by atoms with Crippen LogP contribution in [0.25, 0.3) is 0 Å². The first kappa shape index (κ1) is 71.5. The van der Waals surface area contributed by atoms with Gasteiger partial charge in [-0.05, 0) is 213 Å². The molecule has 474 valence electrons. The molecule has 0 aliphatic heterocycles. The highest BCUT2D eigenvalue weighted by molar-refractivity contribution is 7.97. The van der Waals surface area contributed by atoms with Crippen LogP contribution in [0.1, 0.15) is 217 Å². The first-order valence-electron chi connectivity index (χ1n) is 32.1. The average Bonchev–Trinajstić information content (AvgIpc) is 0.815. The Labute approximate surface area is 519 Å². The Balaban J connectivity index is 0.000000222. The minimum Gasteiger partial charge on any atom is -0.743 e. The molecule has 4 bridgehead atoms. The summed E-state index contributed by atoms with van der Waals surface area (Å²) in [5.41, 5.74) is 6.09. The molecule has 0 spiro atoms. The lowest BCUT2D eigenvalue weighted by molar-refractivity contribution is -0.218. The molecule has 0 aromatic heterocycles. The van der Waals surface area contributed by atoms with Crippen LogP contribution in [-0.2, 0) is 40.1 Å². The van der Waals surface area contributed by atoms with E-state index in [-0.39, 0.29) is 34.5 Å². The molecular formula is C73H102F2O9S2. The van der Waals surface area contributed by atoms with E-state index < -0.39 is 21.3 Å². The Morgan fingerprint density at radius 1 is 0.581 bits per heavy atom. The molecular weight excluding hydrogens is 1120 g/mol. The first-order valence-corrected chi connectivity index (χ1v) is 34.7. The number of halogens is 2. The number of carbonyl (C=O) groups is 2. The summed E-state index contributed by atoms with van der Waals surface area (Å²) < 4.78 is 73.0. The van der Waals surface area contributed by atoms with E-state index in [1.807, 2.05) is 38.1 Å². The molecule has 2 atom stereocenters. The first-order chi connectivity index (χ1) is 40.9. The van der Waals surface area contributed by atoms with Crippen molar-refractivity contribution in [3.63, 3.8) is 0 Å². The maximum atomic E-state index is 12.9. The van der Waals surface area contributed by atoms with Crippen LogP contribution in [0, 0.1) is 49.9 Å². The van der Waals surface area contributed by atoms with Gasteiger partial charge in [0.2, 0.25) is 0 Å². The second kappa shape index (κ2) is 34.5. The third-order valence-corrected chi connectivity index (χ3v) is 21.3.